The quantitative estimate of drug-likeness (QED) is 0.480. The van der Waals surface area contributed by atoms with Crippen LogP contribution in [0.25, 0.3) is 0 Å². The van der Waals surface area contributed by atoms with Crippen molar-refractivity contribution in [2.75, 3.05) is 19.8 Å². The van der Waals surface area contributed by atoms with Gasteiger partial charge in [0.15, 0.2) is 0 Å². The number of rotatable bonds is 9. The zero-order valence-electron chi connectivity index (χ0n) is 13.6. The number of ether oxygens (including phenoxy) is 3. The van der Waals surface area contributed by atoms with Crippen LogP contribution in [0.3, 0.4) is 0 Å². The molecule has 0 N–H and O–H groups in total. The summed E-state index contributed by atoms with van der Waals surface area (Å²) in [4.78, 5) is 23.4. The van der Waals surface area contributed by atoms with Crippen LogP contribution in [0.5, 0.6) is 0 Å². The van der Waals surface area contributed by atoms with Crippen LogP contribution >= 0.6 is 23.2 Å². The van der Waals surface area contributed by atoms with Gasteiger partial charge >= 0.3 is 11.9 Å². The Balaban J connectivity index is 2.98. The molecule has 0 saturated heterocycles. The predicted octanol–water partition coefficient (Wildman–Crippen LogP) is 4.12. The Morgan fingerprint density at radius 1 is 1.12 bits per heavy atom. The maximum atomic E-state index is 12.0. The fourth-order valence-electron chi connectivity index (χ4n) is 1.94. The molecule has 1 unspecified atom stereocenters. The van der Waals surface area contributed by atoms with Gasteiger partial charge in [0.25, 0.3) is 0 Å². The summed E-state index contributed by atoms with van der Waals surface area (Å²) < 4.78 is 15.5. The SMILES string of the molecule is C=C(C(=O)OCC)C(OCCC(=O)OCC)c1c(Cl)cccc1Cl. The lowest BCUT2D eigenvalue weighted by Gasteiger charge is -2.21. The molecule has 0 radical (unpaired) electrons. The molecule has 0 fully saturated rings. The predicted molar refractivity (Wildman–Crippen MR) is 92.2 cm³/mol. The van der Waals surface area contributed by atoms with Gasteiger partial charge in [0.1, 0.15) is 6.10 Å². The van der Waals surface area contributed by atoms with E-state index in [4.69, 9.17) is 37.4 Å². The lowest BCUT2D eigenvalue weighted by Crippen LogP contribution is -2.19. The van der Waals surface area contributed by atoms with E-state index in [1.807, 2.05) is 0 Å². The van der Waals surface area contributed by atoms with Gasteiger partial charge < -0.3 is 14.2 Å². The third-order valence-electron chi connectivity index (χ3n) is 3.01. The molecule has 0 amide bonds. The smallest absolute Gasteiger partial charge is 0.336 e. The zero-order valence-corrected chi connectivity index (χ0v) is 15.2. The second kappa shape index (κ2) is 10.3. The van der Waals surface area contributed by atoms with Crippen molar-refractivity contribution in [3.8, 4) is 0 Å². The standard InChI is InChI=1S/C17H20Cl2O5/c1-4-22-14(20)9-10-24-16(11(3)17(21)23-5-2)15-12(18)7-6-8-13(15)19/h6-8,16H,3-5,9-10H2,1-2H3. The summed E-state index contributed by atoms with van der Waals surface area (Å²) in [5, 5.41) is 0.656. The molecule has 1 aromatic carbocycles. The van der Waals surface area contributed by atoms with E-state index in [0.29, 0.717) is 15.6 Å². The molecule has 24 heavy (non-hydrogen) atoms. The minimum atomic E-state index is -0.917. The Bertz CT molecular complexity index is 580. The van der Waals surface area contributed by atoms with E-state index >= 15 is 0 Å². The first kappa shape index (κ1) is 20.5. The Hall–Kier alpha value is -1.56. The lowest BCUT2D eigenvalue weighted by molar-refractivity contribution is -0.144. The highest BCUT2D eigenvalue weighted by Crippen LogP contribution is 2.36. The second-order valence-corrected chi connectivity index (χ2v) is 5.50. The number of benzene rings is 1. The first-order valence-corrected chi connectivity index (χ1v) is 8.24. The number of esters is 2. The van der Waals surface area contributed by atoms with Crippen molar-refractivity contribution in [2.24, 2.45) is 0 Å². The van der Waals surface area contributed by atoms with E-state index in [-0.39, 0.29) is 31.8 Å². The summed E-state index contributed by atoms with van der Waals surface area (Å²) in [5.41, 5.74) is 0.457. The van der Waals surface area contributed by atoms with Crippen molar-refractivity contribution in [3.63, 3.8) is 0 Å². The molecule has 0 aliphatic rings. The lowest BCUT2D eigenvalue weighted by atomic mass is 10.0. The number of halogens is 2. The largest absolute Gasteiger partial charge is 0.466 e. The van der Waals surface area contributed by atoms with Gasteiger partial charge in [0.05, 0.1) is 31.8 Å². The van der Waals surface area contributed by atoms with Crippen LogP contribution in [-0.4, -0.2) is 31.8 Å². The van der Waals surface area contributed by atoms with E-state index in [1.54, 1.807) is 32.0 Å². The number of carbonyl (C=O) groups excluding carboxylic acids is 2. The van der Waals surface area contributed by atoms with Crippen LogP contribution in [0.15, 0.2) is 30.4 Å². The minimum Gasteiger partial charge on any atom is -0.466 e. The highest BCUT2D eigenvalue weighted by molar-refractivity contribution is 6.36. The molecule has 0 heterocycles. The van der Waals surface area contributed by atoms with Gasteiger partial charge in [0, 0.05) is 15.6 Å². The van der Waals surface area contributed by atoms with Gasteiger partial charge in [-0.05, 0) is 26.0 Å². The molecule has 1 atom stereocenters. The topological polar surface area (TPSA) is 61.8 Å². The summed E-state index contributed by atoms with van der Waals surface area (Å²) in [6, 6.07) is 4.93. The Kier molecular flexibility index (Phi) is 8.82. The van der Waals surface area contributed by atoms with Crippen molar-refractivity contribution in [2.45, 2.75) is 26.4 Å². The fourth-order valence-corrected chi connectivity index (χ4v) is 2.54. The van der Waals surface area contributed by atoms with Gasteiger partial charge in [-0.2, -0.15) is 0 Å². The maximum Gasteiger partial charge on any atom is 0.336 e. The molecule has 0 spiro atoms. The van der Waals surface area contributed by atoms with Crippen LogP contribution in [0, 0.1) is 0 Å². The monoisotopic (exact) mass is 374 g/mol. The third kappa shape index (κ3) is 5.82. The van der Waals surface area contributed by atoms with E-state index in [2.05, 4.69) is 6.58 Å². The van der Waals surface area contributed by atoms with Gasteiger partial charge in [-0.15, -0.1) is 0 Å². The molecular weight excluding hydrogens is 355 g/mol. The normalized spacial score (nSPS) is 11.7. The number of carbonyl (C=O) groups is 2. The summed E-state index contributed by atoms with van der Waals surface area (Å²) in [5.74, 6) is -1.02. The Morgan fingerprint density at radius 2 is 1.71 bits per heavy atom. The van der Waals surface area contributed by atoms with Crippen LogP contribution < -0.4 is 0 Å². The molecule has 0 aliphatic carbocycles. The molecule has 0 aliphatic heterocycles. The molecule has 1 aromatic rings. The molecule has 0 aromatic heterocycles. The Morgan fingerprint density at radius 3 is 2.25 bits per heavy atom. The fraction of sp³-hybridized carbons (Fsp3) is 0.412. The molecular formula is C17H20Cl2O5. The number of hydrogen-bond donors (Lipinski definition) is 0. The minimum absolute atomic E-state index is 0.0173. The van der Waals surface area contributed by atoms with Crippen LogP contribution in [-0.2, 0) is 23.8 Å². The van der Waals surface area contributed by atoms with Crippen LogP contribution in [0.1, 0.15) is 31.9 Å². The van der Waals surface area contributed by atoms with Crippen molar-refractivity contribution in [3.05, 3.63) is 46.0 Å². The first-order chi connectivity index (χ1) is 11.4. The molecule has 7 heteroatoms. The first-order valence-electron chi connectivity index (χ1n) is 7.49. The van der Waals surface area contributed by atoms with Crippen molar-refractivity contribution in [1.82, 2.24) is 0 Å². The zero-order chi connectivity index (χ0) is 18.1. The summed E-state index contributed by atoms with van der Waals surface area (Å²) in [7, 11) is 0. The average molecular weight is 375 g/mol. The number of hydrogen-bond acceptors (Lipinski definition) is 5. The summed E-state index contributed by atoms with van der Waals surface area (Å²) in [6.45, 7) is 7.64. The third-order valence-corrected chi connectivity index (χ3v) is 3.67. The maximum absolute atomic E-state index is 12.0. The highest BCUT2D eigenvalue weighted by atomic mass is 35.5. The van der Waals surface area contributed by atoms with E-state index in [0.717, 1.165) is 0 Å². The molecule has 1 rings (SSSR count). The summed E-state index contributed by atoms with van der Waals surface area (Å²) in [6.07, 6.45) is -0.887. The van der Waals surface area contributed by atoms with Crippen molar-refractivity contribution < 1.29 is 23.8 Å². The van der Waals surface area contributed by atoms with E-state index in [1.165, 1.54) is 0 Å². The van der Waals surface area contributed by atoms with Gasteiger partial charge in [-0.25, -0.2) is 4.79 Å². The molecule has 5 nitrogen and oxygen atoms in total. The summed E-state index contributed by atoms with van der Waals surface area (Å²) >= 11 is 12.4. The average Bonchev–Trinajstić information content (AvgIpc) is 2.53. The van der Waals surface area contributed by atoms with Crippen LogP contribution in [0.2, 0.25) is 10.0 Å². The molecule has 0 bridgehead atoms. The van der Waals surface area contributed by atoms with Crippen LogP contribution in [0.4, 0.5) is 0 Å². The molecule has 132 valence electrons. The molecule has 0 saturated carbocycles. The van der Waals surface area contributed by atoms with Gasteiger partial charge in [0.2, 0.25) is 0 Å². The van der Waals surface area contributed by atoms with Crippen molar-refractivity contribution >= 4 is 35.1 Å². The Labute approximate surface area is 151 Å². The second-order valence-electron chi connectivity index (χ2n) is 4.69. The van der Waals surface area contributed by atoms with Gasteiger partial charge in [-0.3, -0.25) is 4.79 Å². The highest BCUT2D eigenvalue weighted by Gasteiger charge is 2.27. The van der Waals surface area contributed by atoms with Gasteiger partial charge in [-0.1, -0.05) is 35.8 Å². The van der Waals surface area contributed by atoms with Crippen molar-refractivity contribution in [1.29, 1.82) is 0 Å². The van der Waals surface area contributed by atoms with E-state index < -0.39 is 18.0 Å². The van der Waals surface area contributed by atoms with E-state index in [9.17, 15) is 9.59 Å².